The van der Waals surface area contributed by atoms with Crippen molar-refractivity contribution in [3.63, 3.8) is 0 Å². The largest absolute Gasteiger partial charge is 0.481 e. The highest BCUT2D eigenvalue weighted by molar-refractivity contribution is 6.30. The number of amides is 2. The number of carbonyl (C=O) groups excluding carboxylic acids is 1. The number of nitrogens with zero attached hydrogens (tertiary/aromatic N) is 4. The Morgan fingerprint density at radius 3 is 2.51 bits per heavy atom. The second-order valence-electron chi connectivity index (χ2n) is 11.1. The summed E-state index contributed by atoms with van der Waals surface area (Å²) in [5.74, 6) is 0.581. The van der Waals surface area contributed by atoms with Crippen LogP contribution in [0.2, 0.25) is 10.2 Å². The third-order valence-electron chi connectivity index (χ3n) is 8.44. The maximum Gasteiger partial charge on any atom is 0.322 e. The van der Waals surface area contributed by atoms with Gasteiger partial charge in [0.25, 0.3) is 0 Å². The van der Waals surface area contributed by atoms with Crippen LogP contribution < -0.4 is 15.0 Å². The van der Waals surface area contributed by atoms with Crippen LogP contribution in [0.1, 0.15) is 29.5 Å². The Morgan fingerprint density at radius 2 is 1.79 bits per heavy atom. The molecule has 4 aromatic rings. The summed E-state index contributed by atoms with van der Waals surface area (Å²) in [5.41, 5.74) is 6.20. The smallest absolute Gasteiger partial charge is 0.322 e. The van der Waals surface area contributed by atoms with E-state index < -0.39 is 0 Å². The number of ether oxygens (including phenoxy) is 1. The number of pyridine rings is 2. The molecule has 2 aromatic carbocycles. The van der Waals surface area contributed by atoms with Gasteiger partial charge in [-0.2, -0.15) is 0 Å². The van der Waals surface area contributed by atoms with Gasteiger partial charge in [0.15, 0.2) is 0 Å². The van der Waals surface area contributed by atoms with Crippen LogP contribution >= 0.6 is 23.2 Å². The number of nitrogens with one attached hydrogen (secondary N) is 1. The number of rotatable bonds is 7. The third kappa shape index (κ3) is 6.54. The van der Waals surface area contributed by atoms with Gasteiger partial charge in [0, 0.05) is 59.8 Å². The molecule has 4 heterocycles. The molecular formula is C34H33Cl2N5O2. The fraction of sp³-hybridized carbons (Fsp3) is 0.265. The lowest BCUT2D eigenvalue weighted by molar-refractivity contribution is 0.180. The van der Waals surface area contributed by atoms with Crippen molar-refractivity contribution in [1.29, 1.82) is 0 Å². The molecule has 9 heteroatoms. The van der Waals surface area contributed by atoms with Crippen LogP contribution in [0.25, 0.3) is 17.2 Å². The summed E-state index contributed by atoms with van der Waals surface area (Å²) in [4.78, 5) is 26.4. The molecule has 7 nitrogen and oxygen atoms in total. The van der Waals surface area contributed by atoms with Crippen molar-refractivity contribution in [2.45, 2.75) is 24.8 Å². The summed E-state index contributed by atoms with van der Waals surface area (Å²) >= 11 is 12.1. The van der Waals surface area contributed by atoms with Gasteiger partial charge < -0.3 is 10.1 Å². The first kappa shape index (κ1) is 29.2. The molecule has 2 amide bonds. The van der Waals surface area contributed by atoms with Gasteiger partial charge in [0.2, 0.25) is 5.88 Å². The molecule has 2 aliphatic heterocycles. The lowest BCUT2D eigenvalue weighted by Gasteiger charge is -2.39. The molecule has 6 rings (SSSR count). The van der Waals surface area contributed by atoms with Crippen molar-refractivity contribution in [3.05, 3.63) is 112 Å². The molecule has 0 atom stereocenters. The van der Waals surface area contributed by atoms with Gasteiger partial charge in [0.1, 0.15) is 5.15 Å². The van der Waals surface area contributed by atoms with E-state index in [9.17, 15) is 4.79 Å². The number of likely N-dealkylation sites (tertiary alicyclic amines) is 1. The summed E-state index contributed by atoms with van der Waals surface area (Å²) in [6.07, 6.45) is 9.76. The highest BCUT2D eigenvalue weighted by Crippen LogP contribution is 2.48. The van der Waals surface area contributed by atoms with Crippen LogP contribution in [0.5, 0.6) is 5.88 Å². The summed E-state index contributed by atoms with van der Waals surface area (Å²) in [7, 11) is 1.61. The molecule has 0 unspecified atom stereocenters. The Bertz CT molecular complexity index is 1620. The minimum absolute atomic E-state index is 0.113. The second kappa shape index (κ2) is 12.8. The number of carbonyl (C=O) groups is 1. The first-order chi connectivity index (χ1) is 20.9. The second-order valence-corrected chi connectivity index (χ2v) is 11.9. The van der Waals surface area contributed by atoms with Crippen molar-refractivity contribution < 1.29 is 9.53 Å². The van der Waals surface area contributed by atoms with E-state index in [4.69, 9.17) is 27.9 Å². The van der Waals surface area contributed by atoms with Crippen LogP contribution in [-0.2, 0) is 12.0 Å². The fourth-order valence-electron chi connectivity index (χ4n) is 6.03. The van der Waals surface area contributed by atoms with E-state index in [1.165, 1.54) is 5.56 Å². The van der Waals surface area contributed by atoms with Crippen LogP contribution in [0, 0.1) is 0 Å². The molecule has 0 aliphatic carbocycles. The number of urea groups is 1. The number of hydrogen-bond acceptors (Lipinski definition) is 5. The predicted octanol–water partition coefficient (Wildman–Crippen LogP) is 7.24. The molecule has 1 N–H and O–H groups in total. The van der Waals surface area contributed by atoms with Crippen molar-refractivity contribution in [2.75, 3.05) is 38.2 Å². The molecule has 43 heavy (non-hydrogen) atoms. The van der Waals surface area contributed by atoms with Crippen LogP contribution in [0.15, 0.2) is 85.2 Å². The molecule has 220 valence electrons. The molecule has 2 aromatic heterocycles. The van der Waals surface area contributed by atoms with Gasteiger partial charge in [-0.05, 0) is 90.6 Å². The lowest BCUT2D eigenvalue weighted by Crippen LogP contribution is -2.47. The normalized spacial score (nSPS) is 16.0. The predicted molar refractivity (Wildman–Crippen MR) is 173 cm³/mol. The Hall–Kier alpha value is -3.91. The first-order valence-corrected chi connectivity index (χ1v) is 15.1. The molecule has 0 saturated carbocycles. The summed E-state index contributed by atoms with van der Waals surface area (Å²) in [6, 6.07) is 21.7. The number of piperidine rings is 1. The maximum atomic E-state index is 13.6. The summed E-state index contributed by atoms with van der Waals surface area (Å²) in [6.45, 7) is 3.79. The van der Waals surface area contributed by atoms with Crippen molar-refractivity contribution in [1.82, 2.24) is 20.2 Å². The Kier molecular flexibility index (Phi) is 8.66. The van der Waals surface area contributed by atoms with Crippen molar-refractivity contribution in [2.24, 2.45) is 0 Å². The zero-order valence-electron chi connectivity index (χ0n) is 24.0. The number of benzene rings is 2. The van der Waals surface area contributed by atoms with E-state index in [0.29, 0.717) is 24.1 Å². The number of fused-ring (bicyclic) bond motifs is 2. The molecular weight excluding hydrogens is 581 g/mol. The van der Waals surface area contributed by atoms with E-state index >= 15 is 0 Å². The minimum Gasteiger partial charge on any atom is -0.481 e. The molecule has 1 fully saturated rings. The average Bonchev–Trinajstić information content (AvgIpc) is 3.35. The third-order valence-corrected chi connectivity index (χ3v) is 8.89. The molecule has 0 radical (unpaired) electrons. The SMILES string of the molecule is COc1ccc(-c2ccc3c(c2)C2(CCN(CC=Cc4ccc(Cl)cc4)CC2)CN3C(=O)NCc2ccnc(Cl)c2)cn1. The maximum absolute atomic E-state index is 13.6. The number of hydrogen-bond donors (Lipinski definition) is 1. The van der Waals surface area contributed by atoms with E-state index in [2.05, 4.69) is 50.5 Å². The first-order valence-electron chi connectivity index (χ1n) is 14.4. The van der Waals surface area contributed by atoms with Gasteiger partial charge in [-0.15, -0.1) is 0 Å². The van der Waals surface area contributed by atoms with E-state index in [0.717, 1.165) is 65.4 Å². The van der Waals surface area contributed by atoms with Crippen molar-refractivity contribution in [3.8, 4) is 17.0 Å². The molecule has 2 aliphatic rings. The molecule has 0 bridgehead atoms. The Balaban J connectivity index is 1.21. The van der Waals surface area contributed by atoms with Gasteiger partial charge in [-0.1, -0.05) is 53.6 Å². The highest BCUT2D eigenvalue weighted by atomic mass is 35.5. The van der Waals surface area contributed by atoms with Crippen molar-refractivity contribution >= 4 is 41.0 Å². The summed E-state index contributed by atoms with van der Waals surface area (Å²) in [5, 5.41) is 4.25. The Labute approximate surface area is 262 Å². The van der Waals surface area contributed by atoms with E-state index in [1.54, 1.807) is 19.4 Å². The molecule has 1 spiro atoms. The highest BCUT2D eigenvalue weighted by Gasteiger charge is 2.46. The van der Waals surface area contributed by atoms with Crippen LogP contribution in [-0.4, -0.2) is 54.2 Å². The number of halogens is 2. The van der Waals surface area contributed by atoms with E-state index in [-0.39, 0.29) is 11.4 Å². The zero-order chi connectivity index (χ0) is 29.8. The minimum atomic E-state index is -0.126. The topological polar surface area (TPSA) is 70.6 Å². The lowest BCUT2D eigenvalue weighted by atomic mass is 9.73. The average molecular weight is 615 g/mol. The number of methoxy groups -OCH3 is 1. The molecule has 1 saturated heterocycles. The van der Waals surface area contributed by atoms with Gasteiger partial charge >= 0.3 is 6.03 Å². The van der Waals surface area contributed by atoms with Crippen LogP contribution in [0.3, 0.4) is 0 Å². The fourth-order valence-corrected chi connectivity index (χ4v) is 6.35. The van der Waals surface area contributed by atoms with Gasteiger partial charge in [-0.3, -0.25) is 9.80 Å². The monoisotopic (exact) mass is 613 g/mol. The summed E-state index contributed by atoms with van der Waals surface area (Å²) < 4.78 is 5.25. The van der Waals surface area contributed by atoms with E-state index in [1.807, 2.05) is 53.6 Å². The zero-order valence-corrected chi connectivity index (χ0v) is 25.5. The quantitative estimate of drug-likeness (QED) is 0.223. The van der Waals surface area contributed by atoms with Crippen LogP contribution in [0.4, 0.5) is 10.5 Å². The van der Waals surface area contributed by atoms with Gasteiger partial charge in [0.05, 0.1) is 7.11 Å². The standard InChI is InChI=1S/C34H33Cl2N5O2/c1-43-32-11-7-27(22-38-32)26-6-10-30-29(20-26)34(23-41(30)33(42)39-21-25-12-15-37-31(36)19-25)13-17-40(18-14-34)16-2-3-24-4-8-28(35)9-5-24/h2-12,15,19-20,22H,13-14,16-18,21,23H2,1H3,(H,39,42). The van der Waals surface area contributed by atoms with Gasteiger partial charge in [-0.25, -0.2) is 14.8 Å². The number of anilines is 1. The Morgan fingerprint density at radius 1 is 1.00 bits per heavy atom. The number of aromatic nitrogens is 2.